The van der Waals surface area contributed by atoms with E-state index in [2.05, 4.69) is 17.0 Å². The first-order chi connectivity index (χ1) is 9.33. The van der Waals surface area contributed by atoms with E-state index in [0.717, 1.165) is 19.4 Å². The Morgan fingerprint density at radius 2 is 2.15 bits per heavy atom. The summed E-state index contributed by atoms with van der Waals surface area (Å²) in [4.78, 5) is 13.4. The summed E-state index contributed by atoms with van der Waals surface area (Å²) in [7, 11) is 0. The lowest BCUT2D eigenvalue weighted by Gasteiger charge is -2.37. The maximum absolute atomic E-state index is 11.9. The predicted molar refractivity (Wildman–Crippen MR) is 69.3 cm³/mol. The van der Waals surface area contributed by atoms with Crippen LogP contribution in [0.25, 0.3) is 0 Å². The van der Waals surface area contributed by atoms with Crippen molar-refractivity contribution in [1.82, 2.24) is 10.2 Å². The van der Waals surface area contributed by atoms with Gasteiger partial charge in [-0.3, -0.25) is 4.79 Å². The number of ether oxygens (including phenoxy) is 1. The van der Waals surface area contributed by atoms with Crippen LogP contribution in [0.5, 0.6) is 0 Å². The van der Waals surface area contributed by atoms with Crippen molar-refractivity contribution in [1.29, 1.82) is 0 Å². The molecule has 1 rings (SSSR count). The number of carbonyl (C=O) groups excluding carboxylic acids is 1. The van der Waals surface area contributed by atoms with Crippen molar-refractivity contribution in [3.8, 4) is 0 Å². The molecular weight excluding hydrogens is 273 g/mol. The van der Waals surface area contributed by atoms with E-state index in [1.54, 1.807) is 4.90 Å². The van der Waals surface area contributed by atoms with Gasteiger partial charge >= 0.3 is 6.18 Å². The van der Waals surface area contributed by atoms with Gasteiger partial charge in [-0.1, -0.05) is 13.8 Å². The van der Waals surface area contributed by atoms with E-state index < -0.39 is 19.4 Å². The molecule has 7 heteroatoms. The molecule has 4 nitrogen and oxygen atoms in total. The summed E-state index contributed by atoms with van der Waals surface area (Å²) in [6.45, 7) is 4.34. The van der Waals surface area contributed by atoms with E-state index in [9.17, 15) is 18.0 Å². The minimum absolute atomic E-state index is 0.293. The van der Waals surface area contributed by atoms with Crippen LogP contribution in [0.1, 0.15) is 26.7 Å². The fourth-order valence-electron chi connectivity index (χ4n) is 2.35. The molecule has 20 heavy (non-hydrogen) atoms. The van der Waals surface area contributed by atoms with Crippen molar-refractivity contribution in [3.05, 3.63) is 0 Å². The van der Waals surface area contributed by atoms with Crippen molar-refractivity contribution in [2.24, 2.45) is 5.92 Å². The summed E-state index contributed by atoms with van der Waals surface area (Å²) in [6, 6.07) is 0.370. The van der Waals surface area contributed by atoms with E-state index in [1.807, 2.05) is 6.92 Å². The highest BCUT2D eigenvalue weighted by atomic mass is 19.4. The van der Waals surface area contributed by atoms with Gasteiger partial charge in [-0.15, -0.1) is 0 Å². The lowest BCUT2D eigenvalue weighted by atomic mass is 9.93. The highest BCUT2D eigenvalue weighted by Crippen LogP contribution is 2.18. The fourth-order valence-corrected chi connectivity index (χ4v) is 2.35. The molecule has 0 aliphatic carbocycles. The molecule has 0 radical (unpaired) electrons. The molecule has 1 aliphatic heterocycles. The van der Waals surface area contributed by atoms with E-state index in [-0.39, 0.29) is 5.91 Å². The number of rotatable bonds is 6. The third-order valence-electron chi connectivity index (χ3n) is 3.41. The Morgan fingerprint density at radius 1 is 1.45 bits per heavy atom. The first-order valence-electron chi connectivity index (χ1n) is 6.99. The number of carbonyl (C=O) groups is 1. The molecule has 2 unspecified atom stereocenters. The van der Waals surface area contributed by atoms with Gasteiger partial charge in [-0.05, 0) is 25.3 Å². The van der Waals surface area contributed by atoms with Crippen LogP contribution in [0.3, 0.4) is 0 Å². The van der Waals surface area contributed by atoms with Crippen LogP contribution in [0.2, 0.25) is 0 Å². The van der Waals surface area contributed by atoms with Crippen LogP contribution < -0.4 is 5.32 Å². The molecule has 1 saturated heterocycles. The van der Waals surface area contributed by atoms with Gasteiger partial charge in [-0.25, -0.2) is 0 Å². The van der Waals surface area contributed by atoms with Gasteiger partial charge in [-0.2, -0.15) is 13.2 Å². The molecule has 0 aromatic heterocycles. The average molecular weight is 296 g/mol. The number of likely N-dealkylation sites (tertiary alicyclic amines) is 1. The number of alkyl halides is 3. The zero-order chi connectivity index (χ0) is 15.2. The summed E-state index contributed by atoms with van der Waals surface area (Å²) in [5.74, 6) is -0.0723. The number of hydrogen-bond donors (Lipinski definition) is 1. The normalized spacial score (nSPS) is 23.9. The highest BCUT2D eigenvalue weighted by Gasteiger charge is 2.30. The average Bonchev–Trinajstić information content (AvgIpc) is 2.35. The fraction of sp³-hybridized carbons (Fsp3) is 0.923. The summed E-state index contributed by atoms with van der Waals surface area (Å²) in [5, 5.41) is 3.43. The molecule has 1 aliphatic rings. The minimum Gasteiger partial charge on any atom is -0.362 e. The lowest BCUT2D eigenvalue weighted by Crippen LogP contribution is -2.51. The zero-order valence-corrected chi connectivity index (χ0v) is 12.0. The number of nitrogens with zero attached hydrogens (tertiary/aromatic N) is 1. The Morgan fingerprint density at radius 3 is 2.70 bits per heavy atom. The van der Waals surface area contributed by atoms with Gasteiger partial charge in [0.25, 0.3) is 0 Å². The Kier molecular flexibility index (Phi) is 6.75. The van der Waals surface area contributed by atoms with Gasteiger partial charge in [0.05, 0.1) is 0 Å². The number of piperidine rings is 1. The van der Waals surface area contributed by atoms with E-state index >= 15 is 0 Å². The van der Waals surface area contributed by atoms with Crippen molar-refractivity contribution in [2.75, 3.05) is 32.8 Å². The third kappa shape index (κ3) is 6.09. The smallest absolute Gasteiger partial charge is 0.362 e. The SMILES string of the molecule is CCCNC1CCN(C(=O)COCC(F)(F)F)CC1C. The monoisotopic (exact) mass is 296 g/mol. The first kappa shape index (κ1) is 17.2. The van der Waals surface area contributed by atoms with Crippen molar-refractivity contribution >= 4 is 5.91 Å². The maximum atomic E-state index is 11.9. The minimum atomic E-state index is -4.38. The highest BCUT2D eigenvalue weighted by molar-refractivity contribution is 5.77. The second-order valence-electron chi connectivity index (χ2n) is 5.27. The Labute approximate surface area is 117 Å². The topological polar surface area (TPSA) is 41.6 Å². The molecule has 0 aromatic carbocycles. The molecule has 0 bridgehead atoms. The van der Waals surface area contributed by atoms with E-state index in [4.69, 9.17) is 0 Å². The van der Waals surface area contributed by atoms with Gasteiger partial charge in [0, 0.05) is 19.1 Å². The summed E-state index contributed by atoms with van der Waals surface area (Å²) in [5.41, 5.74) is 0. The molecule has 1 N–H and O–H groups in total. The second kappa shape index (κ2) is 7.83. The van der Waals surface area contributed by atoms with Gasteiger partial charge in [0.15, 0.2) is 0 Å². The summed E-state index contributed by atoms with van der Waals surface area (Å²) >= 11 is 0. The van der Waals surface area contributed by atoms with Crippen LogP contribution in [-0.4, -0.2) is 55.9 Å². The largest absolute Gasteiger partial charge is 0.411 e. The summed E-state index contributed by atoms with van der Waals surface area (Å²) in [6.07, 6.45) is -2.51. The van der Waals surface area contributed by atoms with Gasteiger partial charge in [0.1, 0.15) is 13.2 Å². The van der Waals surface area contributed by atoms with Crippen LogP contribution in [0.4, 0.5) is 13.2 Å². The third-order valence-corrected chi connectivity index (χ3v) is 3.41. The Hall–Kier alpha value is -0.820. The van der Waals surface area contributed by atoms with Gasteiger partial charge < -0.3 is 15.0 Å². The lowest BCUT2D eigenvalue weighted by molar-refractivity contribution is -0.178. The van der Waals surface area contributed by atoms with Gasteiger partial charge in [0.2, 0.25) is 5.91 Å². The number of halogens is 3. The maximum Gasteiger partial charge on any atom is 0.411 e. The molecule has 118 valence electrons. The molecule has 1 amide bonds. The molecular formula is C13H23F3N2O2. The van der Waals surface area contributed by atoms with Crippen molar-refractivity contribution in [3.63, 3.8) is 0 Å². The Balaban J connectivity index is 2.30. The number of nitrogens with one attached hydrogen (secondary N) is 1. The van der Waals surface area contributed by atoms with Crippen LogP contribution in [0, 0.1) is 5.92 Å². The zero-order valence-electron chi connectivity index (χ0n) is 12.0. The standard InChI is InChI=1S/C13H23F3N2O2/c1-3-5-17-11-4-6-18(7-10(11)2)12(19)8-20-9-13(14,15)16/h10-11,17H,3-9H2,1-2H3. The summed E-state index contributed by atoms with van der Waals surface area (Å²) < 4.78 is 40.2. The number of amides is 1. The van der Waals surface area contributed by atoms with E-state index in [0.29, 0.717) is 25.0 Å². The first-order valence-corrected chi connectivity index (χ1v) is 6.99. The van der Waals surface area contributed by atoms with E-state index in [1.165, 1.54) is 0 Å². The quantitative estimate of drug-likeness (QED) is 0.812. The second-order valence-corrected chi connectivity index (χ2v) is 5.27. The van der Waals surface area contributed by atoms with Crippen molar-refractivity contribution in [2.45, 2.75) is 38.9 Å². The molecule has 0 spiro atoms. The molecule has 0 aromatic rings. The number of hydrogen-bond acceptors (Lipinski definition) is 3. The van der Waals surface area contributed by atoms with Crippen LogP contribution in [-0.2, 0) is 9.53 Å². The molecule has 2 atom stereocenters. The Bertz CT molecular complexity index is 310. The molecule has 1 heterocycles. The molecule has 1 fully saturated rings. The predicted octanol–water partition coefficient (Wildman–Crippen LogP) is 1.80. The molecule has 0 saturated carbocycles. The van der Waals surface area contributed by atoms with Crippen LogP contribution >= 0.6 is 0 Å². The van der Waals surface area contributed by atoms with Crippen molar-refractivity contribution < 1.29 is 22.7 Å². The van der Waals surface area contributed by atoms with Crippen LogP contribution in [0.15, 0.2) is 0 Å².